The predicted octanol–water partition coefficient (Wildman–Crippen LogP) is 2.00. The van der Waals surface area contributed by atoms with Crippen LogP contribution in [0.2, 0.25) is 10.0 Å². The number of rotatable bonds is 1. The van der Waals surface area contributed by atoms with Crippen molar-refractivity contribution in [2.45, 2.75) is 6.92 Å². The van der Waals surface area contributed by atoms with Crippen molar-refractivity contribution in [3.63, 3.8) is 0 Å². The summed E-state index contributed by atoms with van der Waals surface area (Å²) in [5.41, 5.74) is 0.368. The van der Waals surface area contributed by atoms with Crippen molar-refractivity contribution in [2.75, 3.05) is 0 Å². The molecule has 0 bridgehead atoms. The Kier molecular flexibility index (Phi) is 2.83. The van der Waals surface area contributed by atoms with Crippen molar-refractivity contribution in [3.8, 4) is 0 Å². The van der Waals surface area contributed by atoms with Gasteiger partial charge in [0.05, 0.1) is 15.0 Å². The van der Waals surface area contributed by atoms with Crippen molar-refractivity contribution < 1.29 is 4.92 Å². The Balaban J connectivity index is 3.50. The summed E-state index contributed by atoms with van der Waals surface area (Å²) < 4.78 is 0. The van der Waals surface area contributed by atoms with E-state index in [0.29, 0.717) is 5.56 Å². The number of benzene rings is 1. The lowest BCUT2D eigenvalue weighted by Gasteiger charge is -2.05. The van der Waals surface area contributed by atoms with Gasteiger partial charge in [-0.2, -0.15) is 0 Å². The van der Waals surface area contributed by atoms with E-state index in [4.69, 9.17) is 31.0 Å². The van der Waals surface area contributed by atoms with E-state index in [-0.39, 0.29) is 21.2 Å². The lowest BCUT2D eigenvalue weighted by molar-refractivity contribution is -0.385. The van der Waals surface area contributed by atoms with Crippen LogP contribution in [-0.4, -0.2) is 12.8 Å². The summed E-state index contributed by atoms with van der Waals surface area (Å²) in [5.74, 6) is 0. The Morgan fingerprint density at radius 1 is 1.54 bits per heavy atom. The van der Waals surface area contributed by atoms with E-state index >= 15 is 0 Å². The minimum absolute atomic E-state index is 0.0940. The van der Waals surface area contributed by atoms with E-state index in [0.717, 1.165) is 0 Å². The summed E-state index contributed by atoms with van der Waals surface area (Å²) in [6.45, 7) is 1.52. The van der Waals surface area contributed by atoms with Crippen LogP contribution in [0, 0.1) is 17.0 Å². The second-order valence-corrected chi connectivity index (χ2v) is 3.27. The summed E-state index contributed by atoms with van der Waals surface area (Å²) in [7, 11) is 5.50. The summed E-state index contributed by atoms with van der Waals surface area (Å²) in [6, 6.07) is 1.19. The van der Waals surface area contributed by atoms with Crippen molar-refractivity contribution in [1.29, 1.82) is 0 Å². The standard InChI is InChI=1S/C7H4BCl2NO2/c1-3-5(11(12)13)2-4(9)7(10)6(3)8/h2H,1H3. The lowest BCUT2D eigenvalue weighted by atomic mass is 9.90. The van der Waals surface area contributed by atoms with Gasteiger partial charge in [0, 0.05) is 11.6 Å². The van der Waals surface area contributed by atoms with Crippen molar-refractivity contribution in [2.24, 2.45) is 0 Å². The minimum Gasteiger partial charge on any atom is -0.258 e. The zero-order valence-corrected chi connectivity index (χ0v) is 8.19. The van der Waals surface area contributed by atoms with Crippen LogP contribution in [0.4, 0.5) is 5.69 Å². The normalized spacial score (nSPS) is 10.1. The summed E-state index contributed by atoms with van der Waals surface area (Å²) in [6.07, 6.45) is 0. The highest BCUT2D eigenvalue weighted by Crippen LogP contribution is 2.27. The van der Waals surface area contributed by atoms with E-state index in [1.807, 2.05) is 0 Å². The molecule has 13 heavy (non-hydrogen) atoms. The molecule has 0 aliphatic heterocycles. The Bertz CT molecular complexity index is 381. The first-order valence-electron chi connectivity index (χ1n) is 3.33. The van der Waals surface area contributed by atoms with Crippen LogP contribution in [0.15, 0.2) is 6.07 Å². The molecule has 0 saturated heterocycles. The third kappa shape index (κ3) is 1.79. The molecule has 0 saturated carbocycles. The van der Waals surface area contributed by atoms with Gasteiger partial charge < -0.3 is 0 Å². The fraction of sp³-hybridized carbons (Fsp3) is 0.143. The van der Waals surface area contributed by atoms with Crippen LogP contribution in [0.3, 0.4) is 0 Å². The Labute approximate surface area is 86.2 Å². The Morgan fingerprint density at radius 3 is 2.54 bits per heavy atom. The molecule has 6 heteroatoms. The van der Waals surface area contributed by atoms with Crippen molar-refractivity contribution in [3.05, 3.63) is 31.8 Å². The van der Waals surface area contributed by atoms with Crippen LogP contribution in [0.1, 0.15) is 5.56 Å². The molecule has 0 aromatic heterocycles. The average Bonchev–Trinajstić information content (AvgIpc) is 2.07. The third-order valence-electron chi connectivity index (χ3n) is 1.69. The van der Waals surface area contributed by atoms with Gasteiger partial charge in [0.2, 0.25) is 0 Å². The second-order valence-electron chi connectivity index (χ2n) is 2.49. The number of nitro groups is 1. The van der Waals surface area contributed by atoms with Gasteiger partial charge in [0.15, 0.2) is 0 Å². The minimum atomic E-state index is -0.548. The van der Waals surface area contributed by atoms with E-state index < -0.39 is 4.92 Å². The first-order valence-corrected chi connectivity index (χ1v) is 4.09. The molecule has 3 nitrogen and oxygen atoms in total. The van der Waals surface area contributed by atoms with E-state index in [9.17, 15) is 10.1 Å². The van der Waals surface area contributed by atoms with Gasteiger partial charge in [-0.1, -0.05) is 28.7 Å². The molecule has 1 aromatic carbocycles. The van der Waals surface area contributed by atoms with Crippen LogP contribution in [-0.2, 0) is 0 Å². The molecule has 0 amide bonds. The summed E-state index contributed by atoms with van der Waals surface area (Å²) in [4.78, 5) is 9.94. The van der Waals surface area contributed by atoms with Crippen molar-refractivity contribution in [1.82, 2.24) is 0 Å². The van der Waals surface area contributed by atoms with Crippen LogP contribution in [0.5, 0.6) is 0 Å². The molecule has 2 radical (unpaired) electrons. The summed E-state index contributed by atoms with van der Waals surface area (Å²) >= 11 is 11.3. The smallest absolute Gasteiger partial charge is 0.258 e. The van der Waals surface area contributed by atoms with E-state index in [2.05, 4.69) is 0 Å². The first-order chi connectivity index (χ1) is 5.95. The molecule has 0 aliphatic carbocycles. The fourth-order valence-corrected chi connectivity index (χ4v) is 1.31. The maximum Gasteiger partial charge on any atom is 0.273 e. The summed E-state index contributed by atoms with van der Waals surface area (Å²) in [5, 5.41) is 10.7. The SMILES string of the molecule is [B]c1c(C)c([N+](=O)[O-])cc(Cl)c1Cl. The topological polar surface area (TPSA) is 43.1 Å². The molecule has 0 N–H and O–H groups in total. The molecule has 0 fully saturated rings. The van der Waals surface area contributed by atoms with Crippen LogP contribution >= 0.6 is 23.2 Å². The Morgan fingerprint density at radius 2 is 2.08 bits per heavy atom. The van der Waals surface area contributed by atoms with Gasteiger partial charge in [0.1, 0.15) is 7.85 Å². The number of halogens is 2. The number of nitrogens with zero attached hydrogens (tertiary/aromatic N) is 1. The van der Waals surface area contributed by atoms with E-state index in [1.165, 1.54) is 13.0 Å². The first kappa shape index (κ1) is 10.3. The van der Waals surface area contributed by atoms with Gasteiger partial charge in [0.25, 0.3) is 5.69 Å². The average molecular weight is 216 g/mol. The monoisotopic (exact) mass is 215 g/mol. The second kappa shape index (κ2) is 3.56. The number of hydrogen-bond acceptors (Lipinski definition) is 2. The van der Waals surface area contributed by atoms with E-state index in [1.54, 1.807) is 0 Å². The molecular weight excluding hydrogens is 212 g/mol. The molecule has 0 atom stereocenters. The molecule has 66 valence electrons. The predicted molar refractivity (Wildman–Crippen MR) is 53.2 cm³/mol. The molecule has 0 aliphatic rings. The highest BCUT2D eigenvalue weighted by molar-refractivity contribution is 6.51. The quantitative estimate of drug-likeness (QED) is 0.409. The fourth-order valence-electron chi connectivity index (χ4n) is 0.913. The van der Waals surface area contributed by atoms with Crippen molar-refractivity contribution >= 4 is 42.2 Å². The Hall–Kier alpha value is -0.735. The van der Waals surface area contributed by atoms with Gasteiger partial charge in [-0.05, 0) is 6.92 Å². The van der Waals surface area contributed by atoms with Gasteiger partial charge >= 0.3 is 0 Å². The molecule has 0 spiro atoms. The molecular formula is C7H4BCl2NO2. The van der Waals surface area contributed by atoms with Crippen LogP contribution < -0.4 is 5.46 Å². The maximum absolute atomic E-state index is 10.5. The highest BCUT2D eigenvalue weighted by atomic mass is 35.5. The van der Waals surface area contributed by atoms with Gasteiger partial charge in [-0.25, -0.2) is 0 Å². The largest absolute Gasteiger partial charge is 0.273 e. The zero-order chi connectivity index (χ0) is 10.2. The molecule has 0 unspecified atom stereocenters. The van der Waals surface area contributed by atoms with Crippen LogP contribution in [0.25, 0.3) is 0 Å². The zero-order valence-electron chi connectivity index (χ0n) is 6.67. The molecule has 1 rings (SSSR count). The maximum atomic E-state index is 10.5. The molecule has 1 aromatic rings. The third-order valence-corrected chi connectivity index (χ3v) is 2.50. The number of nitro benzene ring substituents is 1. The lowest BCUT2D eigenvalue weighted by Crippen LogP contribution is -2.11. The highest BCUT2D eigenvalue weighted by Gasteiger charge is 2.16. The van der Waals surface area contributed by atoms with Gasteiger partial charge in [-0.3, -0.25) is 10.1 Å². The number of hydrogen-bond donors (Lipinski definition) is 0. The van der Waals surface area contributed by atoms with Gasteiger partial charge in [-0.15, -0.1) is 0 Å². The molecule has 0 heterocycles.